The number of ketones is 1. The minimum Gasteiger partial charge on any atom is -0.294 e. The van der Waals surface area contributed by atoms with E-state index in [2.05, 4.69) is 0 Å². The summed E-state index contributed by atoms with van der Waals surface area (Å²) < 4.78 is 0. The number of thiophene rings is 1. The van der Waals surface area contributed by atoms with Crippen molar-refractivity contribution in [2.45, 2.75) is 27.2 Å². The highest BCUT2D eigenvalue weighted by Crippen LogP contribution is 2.26. The average Bonchev–Trinajstić information content (AvgIpc) is 2.55. The first-order valence-electron chi connectivity index (χ1n) is 4.15. The molecule has 1 nitrogen and oxygen atoms in total. The fourth-order valence-corrected chi connectivity index (χ4v) is 1.58. The lowest BCUT2D eigenvalue weighted by atomic mass is 9.83. The normalized spacial score (nSPS) is 11.6. The summed E-state index contributed by atoms with van der Waals surface area (Å²) in [5.74, 6) is 0.256. The van der Waals surface area contributed by atoms with Gasteiger partial charge in [0.25, 0.3) is 0 Å². The Hall–Kier alpha value is -0.630. The van der Waals surface area contributed by atoms with Crippen molar-refractivity contribution in [3.8, 4) is 0 Å². The fraction of sp³-hybridized carbons (Fsp3) is 0.500. The molecular formula is C10H14OS. The number of rotatable bonds is 3. The van der Waals surface area contributed by atoms with Crippen molar-refractivity contribution in [1.29, 1.82) is 0 Å². The SMILES string of the molecule is CCC(C)(C)C(=O)c1ccsc1. The molecule has 0 amide bonds. The lowest BCUT2D eigenvalue weighted by Crippen LogP contribution is -2.22. The molecule has 1 aromatic rings. The van der Waals surface area contributed by atoms with Crippen molar-refractivity contribution in [3.05, 3.63) is 22.4 Å². The molecule has 0 N–H and O–H groups in total. The first-order valence-corrected chi connectivity index (χ1v) is 5.09. The van der Waals surface area contributed by atoms with E-state index in [0.717, 1.165) is 12.0 Å². The Labute approximate surface area is 77.4 Å². The van der Waals surface area contributed by atoms with Crippen LogP contribution in [0.4, 0.5) is 0 Å². The molecule has 1 rings (SSSR count). The third kappa shape index (κ3) is 1.75. The Morgan fingerprint density at radius 3 is 2.67 bits per heavy atom. The topological polar surface area (TPSA) is 17.1 Å². The summed E-state index contributed by atoms with van der Waals surface area (Å²) in [5.41, 5.74) is 0.646. The number of carbonyl (C=O) groups excluding carboxylic acids is 1. The summed E-state index contributed by atoms with van der Waals surface area (Å²) in [6, 6.07) is 1.89. The van der Waals surface area contributed by atoms with E-state index in [9.17, 15) is 4.79 Å². The molecule has 0 aromatic carbocycles. The second kappa shape index (κ2) is 3.40. The van der Waals surface area contributed by atoms with Crippen molar-refractivity contribution >= 4 is 17.1 Å². The number of hydrogen-bond acceptors (Lipinski definition) is 2. The van der Waals surface area contributed by atoms with Crippen LogP contribution >= 0.6 is 11.3 Å². The molecule has 66 valence electrons. The molecule has 12 heavy (non-hydrogen) atoms. The minimum atomic E-state index is -0.207. The zero-order chi connectivity index (χ0) is 9.19. The van der Waals surface area contributed by atoms with Crippen LogP contribution in [0, 0.1) is 5.41 Å². The summed E-state index contributed by atoms with van der Waals surface area (Å²) in [6.07, 6.45) is 0.891. The molecule has 1 heterocycles. The molecule has 0 unspecified atom stereocenters. The Morgan fingerprint density at radius 1 is 1.58 bits per heavy atom. The van der Waals surface area contributed by atoms with Gasteiger partial charge >= 0.3 is 0 Å². The number of Topliss-reactive ketones (excluding diaryl/α,β-unsaturated/α-hetero) is 1. The van der Waals surface area contributed by atoms with E-state index in [1.54, 1.807) is 11.3 Å². The lowest BCUT2D eigenvalue weighted by molar-refractivity contribution is 0.0833. The fourth-order valence-electron chi connectivity index (χ4n) is 0.945. The second-order valence-electron chi connectivity index (χ2n) is 3.58. The smallest absolute Gasteiger partial charge is 0.169 e. The maximum atomic E-state index is 11.8. The van der Waals surface area contributed by atoms with Gasteiger partial charge in [-0.15, -0.1) is 0 Å². The summed E-state index contributed by atoms with van der Waals surface area (Å²) >= 11 is 1.57. The first-order chi connectivity index (χ1) is 5.58. The number of hydrogen-bond donors (Lipinski definition) is 0. The van der Waals surface area contributed by atoms with Crippen LogP contribution in [0.5, 0.6) is 0 Å². The average molecular weight is 182 g/mol. The molecule has 0 radical (unpaired) electrons. The molecule has 0 bridgehead atoms. The van der Waals surface area contributed by atoms with Crippen LogP contribution in [0.1, 0.15) is 37.6 Å². The molecule has 0 spiro atoms. The van der Waals surface area contributed by atoms with Crippen molar-refractivity contribution in [1.82, 2.24) is 0 Å². The molecule has 0 fully saturated rings. The van der Waals surface area contributed by atoms with Crippen LogP contribution in [-0.2, 0) is 0 Å². The van der Waals surface area contributed by atoms with Crippen LogP contribution < -0.4 is 0 Å². The van der Waals surface area contributed by atoms with Gasteiger partial charge in [0.2, 0.25) is 0 Å². The summed E-state index contributed by atoms with van der Waals surface area (Å²) in [5, 5.41) is 3.86. The van der Waals surface area contributed by atoms with Crippen molar-refractivity contribution in [2.75, 3.05) is 0 Å². The zero-order valence-electron chi connectivity index (χ0n) is 7.76. The zero-order valence-corrected chi connectivity index (χ0v) is 8.57. The van der Waals surface area contributed by atoms with Gasteiger partial charge in [0.15, 0.2) is 5.78 Å². The molecule has 1 aromatic heterocycles. The maximum absolute atomic E-state index is 11.8. The highest BCUT2D eigenvalue weighted by molar-refractivity contribution is 7.08. The monoisotopic (exact) mass is 182 g/mol. The number of carbonyl (C=O) groups is 1. The molecule has 0 aliphatic carbocycles. The van der Waals surface area contributed by atoms with Crippen LogP contribution in [0.3, 0.4) is 0 Å². The molecule has 0 atom stereocenters. The predicted octanol–water partition coefficient (Wildman–Crippen LogP) is 3.37. The van der Waals surface area contributed by atoms with E-state index in [-0.39, 0.29) is 11.2 Å². The minimum absolute atomic E-state index is 0.207. The van der Waals surface area contributed by atoms with E-state index < -0.39 is 0 Å². The van der Waals surface area contributed by atoms with Gasteiger partial charge in [0, 0.05) is 16.4 Å². The van der Waals surface area contributed by atoms with Crippen molar-refractivity contribution in [3.63, 3.8) is 0 Å². The molecule has 2 heteroatoms. The van der Waals surface area contributed by atoms with Crippen LogP contribution in [-0.4, -0.2) is 5.78 Å². The Balaban J connectivity index is 2.86. The van der Waals surface area contributed by atoms with Gasteiger partial charge in [0.05, 0.1) is 0 Å². The summed E-state index contributed by atoms with van der Waals surface area (Å²) in [4.78, 5) is 11.8. The van der Waals surface area contributed by atoms with Gasteiger partial charge < -0.3 is 0 Å². The van der Waals surface area contributed by atoms with Gasteiger partial charge in [-0.3, -0.25) is 4.79 Å². The van der Waals surface area contributed by atoms with Gasteiger partial charge in [-0.05, 0) is 17.9 Å². The first kappa shape index (κ1) is 9.46. The third-order valence-electron chi connectivity index (χ3n) is 2.28. The van der Waals surface area contributed by atoms with Crippen LogP contribution in [0.25, 0.3) is 0 Å². The van der Waals surface area contributed by atoms with E-state index in [1.807, 2.05) is 37.6 Å². The Morgan fingerprint density at radius 2 is 2.25 bits per heavy atom. The van der Waals surface area contributed by atoms with Gasteiger partial charge in [-0.25, -0.2) is 0 Å². The summed E-state index contributed by atoms with van der Waals surface area (Å²) in [6.45, 7) is 6.03. The molecule has 0 saturated heterocycles. The Bertz CT molecular complexity index is 259. The van der Waals surface area contributed by atoms with Gasteiger partial charge in [-0.1, -0.05) is 20.8 Å². The lowest BCUT2D eigenvalue weighted by Gasteiger charge is -2.19. The molecule has 0 aliphatic rings. The quantitative estimate of drug-likeness (QED) is 0.655. The predicted molar refractivity (Wildman–Crippen MR) is 52.7 cm³/mol. The third-order valence-corrected chi connectivity index (χ3v) is 2.97. The van der Waals surface area contributed by atoms with Gasteiger partial charge in [0.1, 0.15) is 0 Å². The van der Waals surface area contributed by atoms with E-state index in [0.29, 0.717) is 0 Å². The molecular weight excluding hydrogens is 168 g/mol. The van der Waals surface area contributed by atoms with Crippen LogP contribution in [0.2, 0.25) is 0 Å². The van der Waals surface area contributed by atoms with Crippen molar-refractivity contribution in [2.24, 2.45) is 5.41 Å². The highest BCUT2D eigenvalue weighted by atomic mass is 32.1. The largest absolute Gasteiger partial charge is 0.294 e. The standard InChI is InChI=1S/C10H14OS/c1-4-10(2,3)9(11)8-5-6-12-7-8/h5-7H,4H2,1-3H3. The molecule has 0 aliphatic heterocycles. The van der Waals surface area contributed by atoms with E-state index in [4.69, 9.17) is 0 Å². The van der Waals surface area contributed by atoms with E-state index >= 15 is 0 Å². The van der Waals surface area contributed by atoms with E-state index in [1.165, 1.54) is 0 Å². The van der Waals surface area contributed by atoms with Crippen LogP contribution in [0.15, 0.2) is 16.8 Å². The summed E-state index contributed by atoms with van der Waals surface area (Å²) in [7, 11) is 0. The highest BCUT2D eigenvalue weighted by Gasteiger charge is 2.26. The second-order valence-corrected chi connectivity index (χ2v) is 4.36. The van der Waals surface area contributed by atoms with Crippen molar-refractivity contribution < 1.29 is 4.79 Å². The Kier molecular flexibility index (Phi) is 2.68. The van der Waals surface area contributed by atoms with Gasteiger partial charge in [-0.2, -0.15) is 11.3 Å². The molecule has 0 saturated carbocycles. The maximum Gasteiger partial charge on any atom is 0.169 e.